The van der Waals surface area contributed by atoms with Crippen LogP contribution in [0.3, 0.4) is 0 Å². The van der Waals surface area contributed by atoms with Crippen LogP contribution in [0, 0.1) is 11.3 Å². The molecular formula is C15H28N2O. The molecule has 3 fully saturated rings. The molecule has 3 nitrogen and oxygen atoms in total. The number of ether oxygens (including phenoxy) is 1. The van der Waals surface area contributed by atoms with E-state index in [4.69, 9.17) is 10.5 Å². The predicted molar refractivity (Wildman–Crippen MR) is 73.5 cm³/mol. The first kappa shape index (κ1) is 12.9. The number of nitrogens with two attached hydrogens (primary N) is 1. The van der Waals surface area contributed by atoms with Gasteiger partial charge in [0.25, 0.3) is 0 Å². The van der Waals surface area contributed by atoms with Crippen molar-refractivity contribution in [3.05, 3.63) is 0 Å². The third-order valence-corrected chi connectivity index (χ3v) is 5.63. The molecule has 2 aliphatic heterocycles. The summed E-state index contributed by atoms with van der Waals surface area (Å²) in [5, 5.41) is 0. The quantitative estimate of drug-likeness (QED) is 0.835. The average Bonchev–Trinajstić information content (AvgIpc) is 2.89. The van der Waals surface area contributed by atoms with Crippen molar-refractivity contribution in [1.29, 1.82) is 0 Å². The monoisotopic (exact) mass is 252 g/mol. The summed E-state index contributed by atoms with van der Waals surface area (Å²) in [5.74, 6) is 0.994. The highest BCUT2D eigenvalue weighted by Crippen LogP contribution is 2.39. The summed E-state index contributed by atoms with van der Waals surface area (Å²) in [6, 6.07) is 0.880. The summed E-state index contributed by atoms with van der Waals surface area (Å²) < 4.78 is 5.53. The largest absolute Gasteiger partial charge is 0.381 e. The summed E-state index contributed by atoms with van der Waals surface area (Å²) in [5.41, 5.74) is 6.46. The van der Waals surface area contributed by atoms with Gasteiger partial charge in [0.05, 0.1) is 0 Å². The molecule has 2 unspecified atom stereocenters. The lowest BCUT2D eigenvalue weighted by atomic mass is 9.78. The van der Waals surface area contributed by atoms with Gasteiger partial charge in [-0.05, 0) is 62.9 Å². The van der Waals surface area contributed by atoms with E-state index in [-0.39, 0.29) is 0 Å². The van der Waals surface area contributed by atoms with Crippen LogP contribution in [0.25, 0.3) is 0 Å². The SMILES string of the molecule is NCC1(CN2CCCC3CCCC32)CCOCC1. The Kier molecular flexibility index (Phi) is 3.92. The molecule has 0 aromatic carbocycles. The topological polar surface area (TPSA) is 38.5 Å². The zero-order valence-electron chi connectivity index (χ0n) is 11.6. The number of nitrogens with zero attached hydrogens (tertiary/aromatic N) is 1. The van der Waals surface area contributed by atoms with Gasteiger partial charge in [-0.25, -0.2) is 0 Å². The molecule has 18 heavy (non-hydrogen) atoms. The molecular weight excluding hydrogens is 224 g/mol. The van der Waals surface area contributed by atoms with E-state index in [9.17, 15) is 0 Å². The van der Waals surface area contributed by atoms with Crippen molar-refractivity contribution in [2.24, 2.45) is 17.1 Å². The number of fused-ring (bicyclic) bond motifs is 1. The highest BCUT2D eigenvalue weighted by Gasteiger charge is 2.40. The van der Waals surface area contributed by atoms with Crippen molar-refractivity contribution < 1.29 is 4.74 Å². The molecule has 0 aromatic rings. The van der Waals surface area contributed by atoms with Gasteiger partial charge >= 0.3 is 0 Å². The fraction of sp³-hybridized carbons (Fsp3) is 1.00. The molecule has 1 saturated carbocycles. The Hall–Kier alpha value is -0.120. The zero-order chi connectivity index (χ0) is 12.4. The van der Waals surface area contributed by atoms with Gasteiger partial charge < -0.3 is 10.5 Å². The maximum absolute atomic E-state index is 6.11. The van der Waals surface area contributed by atoms with Gasteiger partial charge in [0.1, 0.15) is 0 Å². The fourth-order valence-corrected chi connectivity index (χ4v) is 4.42. The Morgan fingerprint density at radius 3 is 2.67 bits per heavy atom. The summed E-state index contributed by atoms with van der Waals surface area (Å²) in [6.45, 7) is 5.21. The van der Waals surface area contributed by atoms with E-state index in [1.165, 1.54) is 45.2 Å². The van der Waals surface area contributed by atoms with Crippen LogP contribution in [-0.2, 0) is 4.74 Å². The van der Waals surface area contributed by atoms with Gasteiger partial charge in [-0.3, -0.25) is 4.90 Å². The van der Waals surface area contributed by atoms with Crippen LogP contribution in [0.2, 0.25) is 0 Å². The van der Waals surface area contributed by atoms with E-state index in [2.05, 4.69) is 4.90 Å². The Morgan fingerprint density at radius 2 is 1.89 bits per heavy atom. The number of hydrogen-bond acceptors (Lipinski definition) is 3. The number of hydrogen-bond donors (Lipinski definition) is 1. The second kappa shape index (κ2) is 5.48. The molecule has 3 aliphatic rings. The Bertz CT molecular complexity index is 276. The molecule has 3 heteroatoms. The van der Waals surface area contributed by atoms with E-state index in [1.807, 2.05) is 0 Å². The van der Waals surface area contributed by atoms with E-state index in [0.29, 0.717) is 5.41 Å². The van der Waals surface area contributed by atoms with Gasteiger partial charge in [0, 0.05) is 25.8 Å². The predicted octanol–water partition coefficient (Wildman–Crippen LogP) is 2.01. The maximum Gasteiger partial charge on any atom is 0.0472 e. The number of rotatable bonds is 3. The first-order valence-electron chi connectivity index (χ1n) is 7.85. The average molecular weight is 252 g/mol. The third kappa shape index (κ3) is 2.45. The van der Waals surface area contributed by atoms with Gasteiger partial charge in [-0.1, -0.05) is 6.42 Å². The molecule has 0 spiro atoms. The van der Waals surface area contributed by atoms with Gasteiger partial charge in [-0.2, -0.15) is 0 Å². The summed E-state index contributed by atoms with van der Waals surface area (Å²) in [7, 11) is 0. The molecule has 104 valence electrons. The van der Waals surface area contributed by atoms with E-state index in [0.717, 1.165) is 44.6 Å². The third-order valence-electron chi connectivity index (χ3n) is 5.63. The first-order chi connectivity index (χ1) is 8.83. The van der Waals surface area contributed by atoms with E-state index >= 15 is 0 Å². The number of likely N-dealkylation sites (tertiary alicyclic amines) is 1. The Morgan fingerprint density at radius 1 is 1.11 bits per heavy atom. The summed E-state index contributed by atoms with van der Waals surface area (Å²) >= 11 is 0. The molecule has 2 atom stereocenters. The van der Waals surface area contributed by atoms with Crippen molar-refractivity contribution in [2.45, 2.75) is 51.0 Å². The molecule has 0 radical (unpaired) electrons. The first-order valence-corrected chi connectivity index (χ1v) is 7.85. The fourth-order valence-electron chi connectivity index (χ4n) is 4.42. The lowest BCUT2D eigenvalue weighted by Crippen LogP contribution is -2.51. The minimum atomic E-state index is 0.350. The molecule has 2 saturated heterocycles. The van der Waals surface area contributed by atoms with Gasteiger partial charge in [0.15, 0.2) is 0 Å². The highest BCUT2D eigenvalue weighted by atomic mass is 16.5. The molecule has 2 heterocycles. The smallest absolute Gasteiger partial charge is 0.0472 e. The van der Waals surface area contributed by atoms with Crippen LogP contribution < -0.4 is 5.73 Å². The van der Waals surface area contributed by atoms with Gasteiger partial charge in [0.2, 0.25) is 0 Å². The summed E-state index contributed by atoms with van der Waals surface area (Å²) in [4.78, 5) is 2.79. The van der Waals surface area contributed by atoms with E-state index < -0.39 is 0 Å². The van der Waals surface area contributed by atoms with Crippen LogP contribution in [0.1, 0.15) is 44.9 Å². The second-order valence-corrected chi connectivity index (χ2v) is 6.69. The van der Waals surface area contributed by atoms with Crippen LogP contribution in [0.15, 0.2) is 0 Å². The Balaban J connectivity index is 1.66. The van der Waals surface area contributed by atoms with Crippen molar-refractivity contribution in [2.75, 3.05) is 32.8 Å². The van der Waals surface area contributed by atoms with Crippen LogP contribution in [0.5, 0.6) is 0 Å². The molecule has 1 aliphatic carbocycles. The van der Waals surface area contributed by atoms with Crippen molar-refractivity contribution >= 4 is 0 Å². The van der Waals surface area contributed by atoms with Crippen molar-refractivity contribution in [3.8, 4) is 0 Å². The normalized spacial score (nSPS) is 36.5. The van der Waals surface area contributed by atoms with Crippen molar-refractivity contribution in [1.82, 2.24) is 4.90 Å². The molecule has 0 aromatic heterocycles. The summed E-state index contributed by atoms with van der Waals surface area (Å²) in [6.07, 6.45) is 9.55. The van der Waals surface area contributed by atoms with E-state index in [1.54, 1.807) is 0 Å². The zero-order valence-corrected chi connectivity index (χ0v) is 11.6. The molecule has 0 bridgehead atoms. The number of piperidine rings is 1. The van der Waals surface area contributed by atoms with Crippen LogP contribution >= 0.6 is 0 Å². The molecule has 0 amide bonds. The molecule has 2 N–H and O–H groups in total. The lowest BCUT2D eigenvalue weighted by molar-refractivity contribution is -0.0184. The minimum absolute atomic E-state index is 0.350. The van der Waals surface area contributed by atoms with Crippen LogP contribution in [0.4, 0.5) is 0 Å². The minimum Gasteiger partial charge on any atom is -0.381 e. The van der Waals surface area contributed by atoms with Gasteiger partial charge in [-0.15, -0.1) is 0 Å². The van der Waals surface area contributed by atoms with Crippen molar-refractivity contribution in [3.63, 3.8) is 0 Å². The lowest BCUT2D eigenvalue weighted by Gasteiger charge is -2.45. The maximum atomic E-state index is 6.11. The Labute approximate surface area is 111 Å². The standard InChI is InChI=1S/C15H28N2O/c16-11-15(6-9-18-10-7-15)12-17-8-2-4-13-3-1-5-14(13)17/h13-14H,1-12,16H2. The highest BCUT2D eigenvalue weighted by molar-refractivity contribution is 4.94. The second-order valence-electron chi connectivity index (χ2n) is 6.69. The van der Waals surface area contributed by atoms with Crippen LogP contribution in [-0.4, -0.2) is 43.8 Å². The molecule has 3 rings (SSSR count).